The summed E-state index contributed by atoms with van der Waals surface area (Å²) in [5.74, 6) is -0.411. The Hall–Kier alpha value is -2.91. The summed E-state index contributed by atoms with van der Waals surface area (Å²) in [6.45, 7) is 6.73. The SMILES string of the molecule is CN(Cc1cccc(NC(=O)c2cccc(S(=O)(=O)N3CCCC3)c2)c1)C(=O)OC(C)(C)C. The number of ether oxygens (including phenoxy) is 1. The maximum Gasteiger partial charge on any atom is 0.410 e. The van der Waals surface area contributed by atoms with E-state index in [0.29, 0.717) is 25.3 Å². The first-order valence-corrected chi connectivity index (χ1v) is 12.3. The third-order valence-corrected chi connectivity index (χ3v) is 7.00. The van der Waals surface area contributed by atoms with Crippen molar-refractivity contribution in [3.05, 3.63) is 59.7 Å². The summed E-state index contributed by atoms with van der Waals surface area (Å²) in [5, 5.41) is 2.81. The highest BCUT2D eigenvalue weighted by Gasteiger charge is 2.27. The van der Waals surface area contributed by atoms with Gasteiger partial charge in [0.2, 0.25) is 10.0 Å². The number of carbonyl (C=O) groups excluding carboxylic acids is 2. The maximum absolute atomic E-state index is 12.8. The van der Waals surface area contributed by atoms with Crippen LogP contribution in [0.25, 0.3) is 0 Å². The van der Waals surface area contributed by atoms with E-state index in [0.717, 1.165) is 18.4 Å². The molecule has 0 unspecified atom stereocenters. The summed E-state index contributed by atoms with van der Waals surface area (Å²) in [7, 11) is -1.96. The van der Waals surface area contributed by atoms with Crippen LogP contribution in [0.15, 0.2) is 53.4 Å². The van der Waals surface area contributed by atoms with Gasteiger partial charge in [0.15, 0.2) is 0 Å². The van der Waals surface area contributed by atoms with Crippen molar-refractivity contribution in [3.63, 3.8) is 0 Å². The molecule has 2 aromatic carbocycles. The minimum Gasteiger partial charge on any atom is -0.444 e. The van der Waals surface area contributed by atoms with E-state index in [4.69, 9.17) is 4.74 Å². The Labute approximate surface area is 195 Å². The predicted molar refractivity (Wildman–Crippen MR) is 127 cm³/mol. The summed E-state index contributed by atoms with van der Waals surface area (Å²) in [6.07, 6.45) is 1.26. The van der Waals surface area contributed by atoms with Crippen LogP contribution < -0.4 is 5.32 Å². The van der Waals surface area contributed by atoms with Gasteiger partial charge in [-0.2, -0.15) is 4.31 Å². The molecule has 3 rings (SSSR count). The Morgan fingerprint density at radius 2 is 1.73 bits per heavy atom. The second-order valence-corrected chi connectivity index (χ2v) is 11.1. The van der Waals surface area contributed by atoms with Crippen molar-refractivity contribution in [2.45, 2.75) is 50.7 Å². The minimum atomic E-state index is -3.61. The first-order valence-electron chi connectivity index (χ1n) is 10.9. The van der Waals surface area contributed by atoms with E-state index >= 15 is 0 Å². The van der Waals surface area contributed by atoms with Gasteiger partial charge in [0.05, 0.1) is 4.90 Å². The number of anilines is 1. The van der Waals surface area contributed by atoms with Gasteiger partial charge in [-0.25, -0.2) is 13.2 Å². The molecule has 0 aliphatic carbocycles. The summed E-state index contributed by atoms with van der Waals surface area (Å²) >= 11 is 0. The fourth-order valence-electron chi connectivity index (χ4n) is 3.50. The standard InChI is InChI=1S/C24H31N3O5S/c1-24(2,3)32-23(29)26(4)17-18-9-7-11-20(15-18)25-22(28)19-10-8-12-21(16-19)33(30,31)27-13-5-6-14-27/h7-12,15-16H,5-6,13-14,17H2,1-4H3,(H,25,28). The summed E-state index contributed by atoms with van der Waals surface area (Å²) in [4.78, 5) is 26.6. The molecule has 0 atom stereocenters. The summed E-state index contributed by atoms with van der Waals surface area (Å²) in [6, 6.07) is 13.2. The van der Waals surface area contributed by atoms with Crippen molar-refractivity contribution in [1.82, 2.24) is 9.21 Å². The largest absolute Gasteiger partial charge is 0.444 e. The molecule has 1 aliphatic heterocycles. The third-order valence-electron chi connectivity index (χ3n) is 5.11. The molecule has 178 valence electrons. The molecule has 0 radical (unpaired) electrons. The first-order chi connectivity index (χ1) is 15.5. The van der Waals surface area contributed by atoms with Crippen molar-refractivity contribution in [3.8, 4) is 0 Å². The van der Waals surface area contributed by atoms with E-state index in [-0.39, 0.29) is 10.5 Å². The Balaban J connectivity index is 1.69. The van der Waals surface area contributed by atoms with Gasteiger partial charge < -0.3 is 15.0 Å². The highest BCUT2D eigenvalue weighted by molar-refractivity contribution is 7.89. The number of hydrogen-bond donors (Lipinski definition) is 1. The van der Waals surface area contributed by atoms with Gasteiger partial charge >= 0.3 is 6.09 Å². The van der Waals surface area contributed by atoms with Crippen LogP contribution in [-0.2, 0) is 21.3 Å². The molecular formula is C24H31N3O5S. The lowest BCUT2D eigenvalue weighted by Crippen LogP contribution is -2.33. The van der Waals surface area contributed by atoms with Crippen LogP contribution in [0.4, 0.5) is 10.5 Å². The molecule has 1 fully saturated rings. The van der Waals surface area contributed by atoms with E-state index in [1.807, 2.05) is 6.07 Å². The monoisotopic (exact) mass is 473 g/mol. The first kappa shape index (κ1) is 24.7. The van der Waals surface area contributed by atoms with E-state index in [9.17, 15) is 18.0 Å². The molecule has 0 saturated carbocycles. The lowest BCUT2D eigenvalue weighted by atomic mass is 10.1. The van der Waals surface area contributed by atoms with E-state index < -0.39 is 27.6 Å². The van der Waals surface area contributed by atoms with Gasteiger partial charge in [0.1, 0.15) is 5.60 Å². The second-order valence-electron chi connectivity index (χ2n) is 9.13. The minimum absolute atomic E-state index is 0.116. The van der Waals surface area contributed by atoms with Gasteiger partial charge in [-0.1, -0.05) is 18.2 Å². The summed E-state index contributed by atoms with van der Waals surface area (Å²) < 4.78 is 32.4. The molecule has 1 saturated heterocycles. The van der Waals surface area contributed by atoms with Gasteiger partial charge in [-0.3, -0.25) is 4.79 Å². The average molecular weight is 474 g/mol. The van der Waals surface area contributed by atoms with E-state index in [2.05, 4.69) is 5.32 Å². The molecular weight excluding hydrogens is 442 g/mol. The molecule has 1 N–H and O–H groups in total. The number of carbonyl (C=O) groups is 2. The number of rotatable bonds is 6. The number of hydrogen-bond acceptors (Lipinski definition) is 5. The van der Waals surface area contributed by atoms with Gasteiger partial charge in [0.25, 0.3) is 5.91 Å². The molecule has 1 aliphatic rings. The van der Waals surface area contributed by atoms with Crippen molar-refractivity contribution >= 4 is 27.7 Å². The summed E-state index contributed by atoms with van der Waals surface area (Å²) in [5.41, 5.74) is 1.03. The van der Waals surface area contributed by atoms with Crippen LogP contribution in [-0.4, -0.2) is 55.4 Å². The number of nitrogens with zero attached hydrogens (tertiary/aromatic N) is 2. The highest BCUT2D eigenvalue weighted by atomic mass is 32.2. The normalized spacial score (nSPS) is 14.7. The molecule has 2 amide bonds. The van der Waals surface area contributed by atoms with Crippen LogP contribution in [0, 0.1) is 0 Å². The molecule has 1 heterocycles. The zero-order valence-electron chi connectivity index (χ0n) is 19.5. The zero-order valence-corrected chi connectivity index (χ0v) is 20.3. The van der Waals surface area contributed by atoms with Crippen LogP contribution in [0.2, 0.25) is 0 Å². The maximum atomic E-state index is 12.8. The molecule has 33 heavy (non-hydrogen) atoms. The van der Waals surface area contributed by atoms with Crippen molar-refractivity contribution in [2.75, 3.05) is 25.5 Å². The van der Waals surface area contributed by atoms with Crippen LogP contribution in [0.5, 0.6) is 0 Å². The van der Waals surface area contributed by atoms with E-state index in [1.165, 1.54) is 21.3 Å². The Morgan fingerprint density at radius 3 is 2.39 bits per heavy atom. The van der Waals surface area contributed by atoms with Gasteiger partial charge in [-0.15, -0.1) is 0 Å². The smallest absolute Gasteiger partial charge is 0.410 e. The van der Waals surface area contributed by atoms with Gasteiger partial charge in [0, 0.05) is 37.9 Å². The Kier molecular flexibility index (Phi) is 7.44. The predicted octanol–water partition coefficient (Wildman–Crippen LogP) is 4.09. The van der Waals surface area contributed by atoms with Crippen molar-refractivity contribution < 1.29 is 22.7 Å². The van der Waals surface area contributed by atoms with Crippen molar-refractivity contribution in [2.24, 2.45) is 0 Å². The number of nitrogens with one attached hydrogen (secondary N) is 1. The second kappa shape index (κ2) is 9.93. The van der Waals surface area contributed by atoms with Crippen LogP contribution in [0.3, 0.4) is 0 Å². The Bertz CT molecular complexity index is 1120. The lowest BCUT2D eigenvalue weighted by Gasteiger charge is -2.24. The molecule has 2 aromatic rings. The molecule has 0 spiro atoms. The molecule has 8 nitrogen and oxygen atoms in total. The molecule has 9 heteroatoms. The number of amides is 2. The molecule has 0 aromatic heterocycles. The third kappa shape index (κ3) is 6.55. The fraction of sp³-hybridized carbons (Fsp3) is 0.417. The number of benzene rings is 2. The highest BCUT2D eigenvalue weighted by Crippen LogP contribution is 2.22. The fourth-order valence-corrected chi connectivity index (χ4v) is 5.07. The average Bonchev–Trinajstić information content (AvgIpc) is 3.29. The number of sulfonamides is 1. The van der Waals surface area contributed by atoms with Crippen molar-refractivity contribution in [1.29, 1.82) is 0 Å². The topological polar surface area (TPSA) is 96.0 Å². The molecule has 0 bridgehead atoms. The Morgan fingerprint density at radius 1 is 1.06 bits per heavy atom. The van der Waals surface area contributed by atoms with E-state index in [1.54, 1.807) is 58.2 Å². The van der Waals surface area contributed by atoms with Gasteiger partial charge in [-0.05, 0) is 69.5 Å². The lowest BCUT2D eigenvalue weighted by molar-refractivity contribution is 0.0285. The zero-order chi connectivity index (χ0) is 24.2. The van der Waals surface area contributed by atoms with Crippen LogP contribution >= 0.6 is 0 Å². The quantitative estimate of drug-likeness (QED) is 0.682. The van der Waals surface area contributed by atoms with Crippen LogP contribution in [0.1, 0.15) is 49.5 Å².